The van der Waals surface area contributed by atoms with Crippen molar-refractivity contribution in [2.24, 2.45) is 0 Å². The highest BCUT2D eigenvalue weighted by atomic mass is 16.5. The number of H-pyrrole nitrogens is 1. The normalized spacial score (nSPS) is 18.5. The molecule has 5 rings (SSSR count). The number of piperazine rings is 1. The van der Waals surface area contributed by atoms with Gasteiger partial charge in [-0.15, -0.1) is 0 Å². The standard InChI is InChI=1S/C26H29N5O2/c1-17-16-30(10-11-31(17)24(32)8-12-33-2)26-21(15-27)13-22(25(29-26)19-4-5-19)20-6-3-18-7-9-28-23(18)14-20/h3,6-7,9,13-14,17,19,28H,4-5,8,10-12,16H2,1-2H3. The largest absolute Gasteiger partial charge is 0.384 e. The fraction of sp³-hybridized carbons (Fsp3) is 0.423. The Kier molecular flexibility index (Phi) is 5.77. The first kappa shape index (κ1) is 21.5. The monoisotopic (exact) mass is 443 g/mol. The minimum atomic E-state index is 0.0517. The molecule has 0 spiro atoms. The van der Waals surface area contributed by atoms with Crippen LogP contribution in [0.15, 0.2) is 36.5 Å². The van der Waals surface area contributed by atoms with E-state index in [0.29, 0.717) is 44.1 Å². The van der Waals surface area contributed by atoms with E-state index in [0.717, 1.165) is 41.0 Å². The number of nitriles is 1. The van der Waals surface area contributed by atoms with E-state index in [2.05, 4.69) is 47.1 Å². The van der Waals surface area contributed by atoms with Crippen LogP contribution < -0.4 is 4.90 Å². The van der Waals surface area contributed by atoms with Crippen molar-refractivity contribution >= 4 is 22.6 Å². The molecule has 1 amide bonds. The van der Waals surface area contributed by atoms with Gasteiger partial charge in [-0.3, -0.25) is 4.79 Å². The van der Waals surface area contributed by atoms with Crippen molar-refractivity contribution in [1.82, 2.24) is 14.9 Å². The number of nitrogens with one attached hydrogen (secondary N) is 1. The number of fused-ring (bicyclic) bond motifs is 1. The Hall–Kier alpha value is -3.37. The zero-order valence-electron chi connectivity index (χ0n) is 19.2. The number of benzene rings is 1. The van der Waals surface area contributed by atoms with Crippen LogP contribution in [0.3, 0.4) is 0 Å². The zero-order valence-corrected chi connectivity index (χ0v) is 19.2. The van der Waals surface area contributed by atoms with E-state index >= 15 is 0 Å². The first-order valence-electron chi connectivity index (χ1n) is 11.6. The Labute approximate surface area is 194 Å². The number of anilines is 1. The summed E-state index contributed by atoms with van der Waals surface area (Å²) in [6, 6.07) is 12.9. The lowest BCUT2D eigenvalue weighted by molar-refractivity contribution is -0.134. The van der Waals surface area contributed by atoms with Gasteiger partial charge in [-0.05, 0) is 48.9 Å². The van der Waals surface area contributed by atoms with E-state index in [-0.39, 0.29) is 11.9 Å². The molecule has 1 aromatic carbocycles. The summed E-state index contributed by atoms with van der Waals surface area (Å²) < 4.78 is 5.06. The lowest BCUT2D eigenvalue weighted by Gasteiger charge is -2.41. The molecule has 3 heterocycles. The van der Waals surface area contributed by atoms with Crippen LogP contribution in [0.25, 0.3) is 22.0 Å². The molecular formula is C26H29N5O2. The number of aromatic amines is 1. The highest BCUT2D eigenvalue weighted by molar-refractivity contribution is 5.86. The van der Waals surface area contributed by atoms with Crippen LogP contribution in [0.4, 0.5) is 5.82 Å². The number of ether oxygens (including phenoxy) is 1. The predicted molar refractivity (Wildman–Crippen MR) is 128 cm³/mol. The second kappa shape index (κ2) is 8.87. The van der Waals surface area contributed by atoms with Crippen LogP contribution in [0.1, 0.15) is 43.4 Å². The first-order valence-corrected chi connectivity index (χ1v) is 11.6. The molecular weight excluding hydrogens is 414 g/mol. The van der Waals surface area contributed by atoms with Crippen LogP contribution >= 0.6 is 0 Å². The molecule has 1 atom stereocenters. The summed E-state index contributed by atoms with van der Waals surface area (Å²) in [5, 5.41) is 11.2. The van der Waals surface area contributed by atoms with Crippen molar-refractivity contribution in [3.63, 3.8) is 0 Å². The van der Waals surface area contributed by atoms with Crippen LogP contribution in [0.5, 0.6) is 0 Å². The van der Waals surface area contributed by atoms with E-state index in [4.69, 9.17) is 9.72 Å². The Morgan fingerprint density at radius 1 is 1.27 bits per heavy atom. The van der Waals surface area contributed by atoms with Crippen LogP contribution in [-0.4, -0.2) is 60.2 Å². The van der Waals surface area contributed by atoms with Crippen LogP contribution in [0.2, 0.25) is 0 Å². The van der Waals surface area contributed by atoms with Crippen molar-refractivity contribution in [3.05, 3.63) is 47.8 Å². The van der Waals surface area contributed by atoms with Gasteiger partial charge in [-0.2, -0.15) is 5.26 Å². The third-order valence-corrected chi connectivity index (χ3v) is 6.75. The number of carbonyl (C=O) groups excluding carboxylic acids is 1. The maximum absolute atomic E-state index is 12.5. The number of hydrogen-bond donors (Lipinski definition) is 1. The Bertz CT molecular complexity index is 1220. The third kappa shape index (κ3) is 4.19. The number of nitrogens with zero attached hydrogens (tertiary/aromatic N) is 4. The fourth-order valence-corrected chi connectivity index (χ4v) is 4.81. The van der Waals surface area contributed by atoms with Gasteiger partial charge in [0.25, 0.3) is 0 Å². The summed E-state index contributed by atoms with van der Waals surface area (Å²) in [6.07, 6.45) is 4.61. The number of pyridine rings is 1. The molecule has 1 saturated heterocycles. The molecule has 7 heteroatoms. The average molecular weight is 444 g/mol. The van der Waals surface area contributed by atoms with E-state index in [1.54, 1.807) is 7.11 Å². The number of methoxy groups -OCH3 is 1. The summed E-state index contributed by atoms with van der Waals surface area (Å²) >= 11 is 0. The van der Waals surface area contributed by atoms with Gasteiger partial charge < -0.3 is 19.5 Å². The smallest absolute Gasteiger partial charge is 0.225 e. The zero-order chi connectivity index (χ0) is 22.9. The fourth-order valence-electron chi connectivity index (χ4n) is 4.81. The summed E-state index contributed by atoms with van der Waals surface area (Å²) in [4.78, 5) is 25.0. The SMILES string of the molecule is COCCC(=O)N1CCN(c2nc(C3CC3)c(-c3ccc4cc[nH]c4c3)cc2C#N)CC1C. The molecule has 1 aliphatic carbocycles. The van der Waals surface area contributed by atoms with Crippen LogP contribution in [-0.2, 0) is 9.53 Å². The van der Waals surface area contributed by atoms with Gasteiger partial charge >= 0.3 is 0 Å². The molecule has 170 valence electrons. The highest BCUT2D eigenvalue weighted by Crippen LogP contribution is 2.45. The van der Waals surface area contributed by atoms with Crippen molar-refractivity contribution in [1.29, 1.82) is 5.26 Å². The number of carbonyl (C=O) groups is 1. The maximum Gasteiger partial charge on any atom is 0.225 e. The minimum absolute atomic E-state index is 0.0517. The molecule has 1 aliphatic heterocycles. The predicted octanol–water partition coefficient (Wildman–Crippen LogP) is 4.05. The third-order valence-electron chi connectivity index (χ3n) is 6.75. The molecule has 2 aliphatic rings. The van der Waals surface area contributed by atoms with Crippen molar-refractivity contribution < 1.29 is 9.53 Å². The summed E-state index contributed by atoms with van der Waals surface area (Å²) in [6.45, 7) is 4.46. The van der Waals surface area contributed by atoms with Crippen molar-refractivity contribution in [2.75, 3.05) is 38.3 Å². The first-order chi connectivity index (χ1) is 16.1. The Morgan fingerprint density at radius 3 is 2.85 bits per heavy atom. The van der Waals surface area contributed by atoms with Gasteiger partial charge in [-0.25, -0.2) is 4.98 Å². The van der Waals surface area contributed by atoms with Gasteiger partial charge in [0, 0.05) is 56.0 Å². The van der Waals surface area contributed by atoms with Gasteiger partial charge in [-0.1, -0.05) is 12.1 Å². The van der Waals surface area contributed by atoms with Gasteiger partial charge in [0.1, 0.15) is 11.9 Å². The van der Waals surface area contributed by atoms with Crippen LogP contribution in [0, 0.1) is 11.3 Å². The molecule has 1 N–H and O–H groups in total. The quantitative estimate of drug-likeness (QED) is 0.621. The molecule has 1 unspecified atom stereocenters. The van der Waals surface area contributed by atoms with E-state index in [1.165, 1.54) is 5.39 Å². The van der Waals surface area contributed by atoms with Gasteiger partial charge in [0.05, 0.1) is 24.3 Å². The van der Waals surface area contributed by atoms with Gasteiger partial charge in [0.15, 0.2) is 0 Å². The van der Waals surface area contributed by atoms with Crippen molar-refractivity contribution in [3.8, 4) is 17.2 Å². The summed E-state index contributed by atoms with van der Waals surface area (Å²) in [5.41, 5.74) is 4.90. The topological polar surface area (TPSA) is 85.2 Å². The van der Waals surface area contributed by atoms with E-state index in [1.807, 2.05) is 17.2 Å². The maximum atomic E-state index is 12.5. The summed E-state index contributed by atoms with van der Waals surface area (Å²) in [7, 11) is 1.61. The molecule has 2 aromatic heterocycles. The molecule has 7 nitrogen and oxygen atoms in total. The Balaban J connectivity index is 1.46. The number of aromatic nitrogens is 2. The lowest BCUT2D eigenvalue weighted by Crippen LogP contribution is -2.54. The second-order valence-corrected chi connectivity index (χ2v) is 9.08. The number of amides is 1. The second-order valence-electron chi connectivity index (χ2n) is 9.08. The highest BCUT2D eigenvalue weighted by Gasteiger charge is 2.33. The van der Waals surface area contributed by atoms with E-state index < -0.39 is 0 Å². The number of rotatable bonds is 6. The van der Waals surface area contributed by atoms with Gasteiger partial charge in [0.2, 0.25) is 5.91 Å². The lowest BCUT2D eigenvalue weighted by atomic mass is 9.98. The molecule has 0 bridgehead atoms. The van der Waals surface area contributed by atoms with E-state index in [9.17, 15) is 10.1 Å². The Morgan fingerprint density at radius 2 is 2.12 bits per heavy atom. The molecule has 0 radical (unpaired) electrons. The minimum Gasteiger partial charge on any atom is -0.384 e. The molecule has 33 heavy (non-hydrogen) atoms. The molecule has 1 saturated carbocycles. The molecule has 3 aromatic rings. The molecule has 2 fully saturated rings. The average Bonchev–Trinajstić information content (AvgIpc) is 3.58. The number of hydrogen-bond acceptors (Lipinski definition) is 5. The van der Waals surface area contributed by atoms with Crippen molar-refractivity contribution in [2.45, 2.75) is 38.1 Å². The summed E-state index contributed by atoms with van der Waals surface area (Å²) in [5.74, 6) is 1.31.